The second-order valence-corrected chi connectivity index (χ2v) is 12.9. The Labute approximate surface area is 287 Å². The lowest BCUT2D eigenvalue weighted by atomic mass is 9.85. The Bertz CT molecular complexity index is 1490. The fourth-order valence-corrected chi connectivity index (χ4v) is 6.95. The van der Waals surface area contributed by atoms with E-state index in [0.717, 1.165) is 11.1 Å². The fourth-order valence-electron chi connectivity index (χ4n) is 6.95. The molecule has 0 aromatic heterocycles. The van der Waals surface area contributed by atoms with Gasteiger partial charge < -0.3 is 73.3 Å². The van der Waals surface area contributed by atoms with Gasteiger partial charge >= 0.3 is 5.97 Å². The lowest BCUT2D eigenvalue weighted by molar-refractivity contribution is -0.354. The van der Waals surface area contributed by atoms with Crippen LogP contribution >= 0.6 is 0 Å². The van der Waals surface area contributed by atoms with Crippen molar-refractivity contribution in [1.29, 1.82) is 0 Å². The lowest BCUT2D eigenvalue weighted by Crippen LogP contribution is -2.64. The molecule has 0 spiro atoms. The molecule has 2 aromatic rings. The maximum Gasteiger partial charge on any atom is 0.302 e. The number of aromatic hydroxyl groups is 1. The summed E-state index contributed by atoms with van der Waals surface area (Å²) in [6.45, 7) is 3.10. The van der Waals surface area contributed by atoms with Gasteiger partial charge in [-0.2, -0.15) is 0 Å². The number of hydrogen-bond acceptors (Lipinski definition) is 16. The predicted octanol–water partition coefficient (Wildman–Crippen LogP) is 0.0859. The second kappa shape index (κ2) is 15.1. The highest BCUT2D eigenvalue weighted by molar-refractivity contribution is 5.65. The van der Waals surface area contributed by atoms with Gasteiger partial charge in [0.15, 0.2) is 35.4 Å². The average Bonchev–Trinajstić information content (AvgIpc) is 3.72. The molecule has 14 atom stereocenters. The number of phenols is 1. The summed E-state index contributed by atoms with van der Waals surface area (Å²) in [5.41, 5.74) is 1.66. The number of ether oxygens (including phenoxy) is 9. The van der Waals surface area contributed by atoms with Crippen LogP contribution in [0.5, 0.6) is 23.0 Å². The van der Waals surface area contributed by atoms with E-state index in [2.05, 4.69) is 0 Å². The molecule has 4 aliphatic rings. The van der Waals surface area contributed by atoms with E-state index in [-0.39, 0.29) is 41.3 Å². The maximum absolute atomic E-state index is 11.5. The van der Waals surface area contributed by atoms with Crippen molar-refractivity contribution in [2.24, 2.45) is 11.8 Å². The van der Waals surface area contributed by atoms with Gasteiger partial charge in [-0.3, -0.25) is 4.79 Å². The Morgan fingerprint density at radius 1 is 0.760 bits per heavy atom. The van der Waals surface area contributed by atoms with Crippen molar-refractivity contribution in [2.75, 3.05) is 34.0 Å². The molecule has 16 nitrogen and oxygen atoms in total. The molecule has 4 fully saturated rings. The van der Waals surface area contributed by atoms with E-state index in [0.29, 0.717) is 19.0 Å². The third-order valence-corrected chi connectivity index (χ3v) is 9.75. The number of benzene rings is 2. The van der Waals surface area contributed by atoms with Crippen molar-refractivity contribution in [2.45, 2.75) is 87.5 Å². The number of carbonyl (C=O) groups excluding carboxylic acids is 1. The number of aliphatic hydroxyl groups excluding tert-OH is 5. The van der Waals surface area contributed by atoms with E-state index in [9.17, 15) is 35.4 Å². The normalized spacial score (nSPS) is 38.3. The van der Waals surface area contributed by atoms with E-state index in [1.165, 1.54) is 28.1 Å². The van der Waals surface area contributed by atoms with E-state index in [1.54, 1.807) is 36.4 Å². The van der Waals surface area contributed by atoms with Crippen LogP contribution in [-0.4, -0.2) is 132 Å². The van der Waals surface area contributed by atoms with Gasteiger partial charge in [0.2, 0.25) is 6.29 Å². The molecule has 2 aromatic carbocycles. The van der Waals surface area contributed by atoms with Crippen molar-refractivity contribution in [1.82, 2.24) is 0 Å². The molecule has 0 bridgehead atoms. The minimum Gasteiger partial charge on any atom is -0.504 e. The quantitative estimate of drug-likeness (QED) is 0.180. The third kappa shape index (κ3) is 7.10. The maximum atomic E-state index is 11.5. The van der Waals surface area contributed by atoms with Gasteiger partial charge in [0.05, 0.1) is 45.7 Å². The zero-order valence-electron chi connectivity index (χ0n) is 27.9. The van der Waals surface area contributed by atoms with Crippen LogP contribution in [0.2, 0.25) is 0 Å². The third-order valence-electron chi connectivity index (χ3n) is 9.75. The van der Waals surface area contributed by atoms with Gasteiger partial charge in [0.25, 0.3) is 0 Å². The minimum atomic E-state index is -1.72. The standard InChI is InChI=1S/C34H44O16/c1-14-25(37)27(39)29(41)33(47-14)50-32-28(40)26(38)24(13-44-15(2)35)49-34(32)48-21-8-6-17(10-23(21)43-4)31-19-12-45-30(18(19)11-46-31)16-5-7-20(36)22(9-16)42-3/h5-10,14,18-19,24-34,36-41H,11-13H2,1-4H3/t14-,18-,19-,24+,25-,26+,27+,28-,29+,30-,31+,32+,33-,34+/m0/s1. The lowest BCUT2D eigenvalue weighted by Gasteiger charge is -2.45. The van der Waals surface area contributed by atoms with Crippen molar-refractivity contribution < 1.29 is 78.1 Å². The molecule has 4 heterocycles. The van der Waals surface area contributed by atoms with Gasteiger partial charge in [-0.15, -0.1) is 0 Å². The SMILES string of the molecule is COc1cc([C@@H]2OC[C@H]3[C@@H]2CO[C@@H]3c2ccc(O[C@@H]3O[C@H](COC(C)=O)[C@@H](O)[C@H](O)[C@H]3O[C@@H]3O[C@@H](C)[C@H](O)[C@@H](O)[C@H]3O)c(OC)c2)ccc1O. The molecule has 276 valence electrons. The smallest absolute Gasteiger partial charge is 0.302 e. The molecule has 0 unspecified atom stereocenters. The molecule has 0 radical (unpaired) electrons. The first-order valence-electron chi connectivity index (χ1n) is 16.4. The molecule has 4 aliphatic heterocycles. The summed E-state index contributed by atoms with van der Waals surface area (Å²) in [5.74, 6) is 0.226. The minimum absolute atomic E-state index is 0.00702. The Kier molecular flexibility index (Phi) is 11.0. The van der Waals surface area contributed by atoms with Crippen LogP contribution in [0.3, 0.4) is 0 Å². The second-order valence-electron chi connectivity index (χ2n) is 12.9. The van der Waals surface area contributed by atoms with Gasteiger partial charge in [-0.05, 0) is 42.3 Å². The van der Waals surface area contributed by atoms with Crippen LogP contribution < -0.4 is 14.2 Å². The van der Waals surface area contributed by atoms with Crippen LogP contribution in [0.1, 0.15) is 37.2 Å². The first-order valence-corrected chi connectivity index (χ1v) is 16.4. The van der Waals surface area contributed by atoms with E-state index in [4.69, 9.17) is 42.6 Å². The highest BCUT2D eigenvalue weighted by Gasteiger charge is 2.52. The van der Waals surface area contributed by atoms with Gasteiger partial charge in [0.1, 0.15) is 43.2 Å². The molecule has 6 rings (SSSR count). The van der Waals surface area contributed by atoms with Crippen LogP contribution in [0.25, 0.3) is 0 Å². The van der Waals surface area contributed by atoms with Crippen molar-refractivity contribution >= 4 is 5.97 Å². The van der Waals surface area contributed by atoms with Crippen LogP contribution in [0.4, 0.5) is 0 Å². The summed E-state index contributed by atoms with van der Waals surface area (Å²) in [6, 6.07) is 10.3. The average molecular weight is 709 g/mol. The highest BCUT2D eigenvalue weighted by Crippen LogP contribution is 2.51. The summed E-state index contributed by atoms with van der Waals surface area (Å²) in [5, 5.41) is 63.1. The fraction of sp³-hybridized carbons (Fsp3) is 0.618. The number of methoxy groups -OCH3 is 2. The number of carbonyl (C=O) groups is 1. The van der Waals surface area contributed by atoms with E-state index < -0.39 is 74.0 Å². The summed E-state index contributed by atoms with van der Waals surface area (Å²) < 4.78 is 52.0. The summed E-state index contributed by atoms with van der Waals surface area (Å²) >= 11 is 0. The summed E-state index contributed by atoms with van der Waals surface area (Å²) in [4.78, 5) is 11.5. The van der Waals surface area contributed by atoms with E-state index >= 15 is 0 Å². The zero-order valence-corrected chi connectivity index (χ0v) is 27.9. The molecular weight excluding hydrogens is 664 g/mol. The molecule has 50 heavy (non-hydrogen) atoms. The van der Waals surface area contributed by atoms with Crippen LogP contribution in [-0.2, 0) is 33.2 Å². The highest BCUT2D eigenvalue weighted by atomic mass is 16.8. The Hall–Kier alpha value is -3.29. The van der Waals surface area contributed by atoms with Crippen LogP contribution in [0, 0.1) is 11.8 Å². The number of phenolic OH excluding ortho intramolecular Hbond substituents is 1. The van der Waals surface area contributed by atoms with Crippen molar-refractivity contribution in [3.63, 3.8) is 0 Å². The molecular formula is C34H44O16. The van der Waals surface area contributed by atoms with Gasteiger partial charge in [-0.1, -0.05) is 12.1 Å². The predicted molar refractivity (Wildman–Crippen MR) is 167 cm³/mol. The monoisotopic (exact) mass is 708 g/mol. The van der Waals surface area contributed by atoms with Gasteiger partial charge in [0, 0.05) is 18.8 Å². The topological polar surface area (TPSA) is 222 Å². The molecule has 0 amide bonds. The zero-order chi connectivity index (χ0) is 35.9. The Balaban J connectivity index is 1.21. The molecule has 0 saturated carbocycles. The molecule has 16 heteroatoms. The number of hydrogen-bond donors (Lipinski definition) is 6. The number of rotatable bonds is 10. The molecule has 6 N–H and O–H groups in total. The largest absolute Gasteiger partial charge is 0.504 e. The van der Waals surface area contributed by atoms with Crippen molar-refractivity contribution in [3.05, 3.63) is 47.5 Å². The number of esters is 1. The Morgan fingerprint density at radius 3 is 2.00 bits per heavy atom. The summed E-state index contributed by atoms with van der Waals surface area (Å²) in [6.07, 6.45) is -15.4. The van der Waals surface area contributed by atoms with Crippen LogP contribution in [0.15, 0.2) is 36.4 Å². The number of aliphatic hydroxyl groups is 5. The molecule has 4 saturated heterocycles. The van der Waals surface area contributed by atoms with Gasteiger partial charge in [-0.25, -0.2) is 0 Å². The van der Waals surface area contributed by atoms with E-state index in [1.807, 2.05) is 0 Å². The Morgan fingerprint density at radius 2 is 1.38 bits per heavy atom. The number of fused-ring (bicyclic) bond motifs is 1. The summed E-state index contributed by atoms with van der Waals surface area (Å²) in [7, 11) is 2.93. The molecule has 0 aliphatic carbocycles. The van der Waals surface area contributed by atoms with Crippen molar-refractivity contribution in [3.8, 4) is 23.0 Å². The first-order chi connectivity index (χ1) is 23.9. The first kappa shape index (κ1) is 36.5.